The molecule has 11 heavy (non-hydrogen) atoms. The Morgan fingerprint density at radius 3 is 2.82 bits per heavy atom. The smallest absolute Gasteiger partial charge is 0.221 e. The van der Waals surface area contributed by atoms with E-state index < -0.39 is 0 Å². The first-order valence-corrected chi connectivity index (χ1v) is 4.23. The largest absolute Gasteiger partial charge is 0.353 e. The summed E-state index contributed by atoms with van der Waals surface area (Å²) in [6, 6.07) is 0.356. The first-order valence-electron chi connectivity index (χ1n) is 4.23. The summed E-state index contributed by atoms with van der Waals surface area (Å²) >= 11 is 0. The molecule has 1 atom stereocenters. The van der Waals surface area contributed by atoms with Crippen LogP contribution in [-0.2, 0) is 4.79 Å². The fourth-order valence-corrected chi connectivity index (χ4v) is 1.17. The van der Waals surface area contributed by atoms with E-state index in [2.05, 4.69) is 12.2 Å². The van der Waals surface area contributed by atoms with Gasteiger partial charge in [-0.05, 0) is 25.7 Å². The zero-order valence-electron chi connectivity index (χ0n) is 6.97. The molecule has 0 aromatic carbocycles. The van der Waals surface area contributed by atoms with Crippen LogP contribution in [0.15, 0.2) is 0 Å². The molecule has 3 nitrogen and oxygen atoms in total. The van der Waals surface area contributed by atoms with Crippen molar-refractivity contribution in [2.24, 2.45) is 11.7 Å². The average molecular weight is 156 g/mol. The minimum absolute atomic E-state index is 0.0897. The van der Waals surface area contributed by atoms with E-state index in [9.17, 15) is 4.79 Å². The standard InChI is InChI=1S/C8H16N2O/c1-6(7-2-3-7)10-8(11)4-5-9/h6-7H,2-5,9H2,1H3,(H,10,11). The summed E-state index contributed by atoms with van der Waals surface area (Å²) in [6.45, 7) is 2.51. The number of amides is 1. The predicted octanol–water partition coefficient (Wildman–Crippen LogP) is 0.250. The quantitative estimate of drug-likeness (QED) is 0.613. The van der Waals surface area contributed by atoms with Crippen molar-refractivity contribution in [3.05, 3.63) is 0 Å². The molecule has 0 bridgehead atoms. The summed E-state index contributed by atoms with van der Waals surface area (Å²) < 4.78 is 0. The number of carbonyl (C=O) groups excluding carboxylic acids is 1. The number of hydrogen-bond acceptors (Lipinski definition) is 2. The van der Waals surface area contributed by atoms with E-state index in [1.807, 2.05) is 0 Å². The molecule has 0 aromatic rings. The molecular formula is C8H16N2O. The second kappa shape index (κ2) is 3.72. The van der Waals surface area contributed by atoms with Crippen molar-refractivity contribution in [1.29, 1.82) is 0 Å². The van der Waals surface area contributed by atoms with Crippen molar-refractivity contribution in [2.75, 3.05) is 6.54 Å². The van der Waals surface area contributed by atoms with Crippen LogP contribution < -0.4 is 11.1 Å². The highest BCUT2D eigenvalue weighted by Gasteiger charge is 2.28. The van der Waals surface area contributed by atoms with Crippen LogP contribution in [0.5, 0.6) is 0 Å². The highest BCUT2D eigenvalue weighted by atomic mass is 16.1. The number of hydrogen-bond donors (Lipinski definition) is 2. The molecule has 3 heteroatoms. The third kappa shape index (κ3) is 2.89. The van der Waals surface area contributed by atoms with Crippen LogP contribution in [0, 0.1) is 5.92 Å². The molecule has 1 saturated carbocycles. The molecule has 1 aliphatic carbocycles. The highest BCUT2D eigenvalue weighted by molar-refractivity contribution is 5.76. The van der Waals surface area contributed by atoms with Gasteiger partial charge in [-0.3, -0.25) is 4.79 Å². The molecule has 64 valence electrons. The maximum Gasteiger partial charge on any atom is 0.221 e. The Bertz CT molecular complexity index is 143. The SMILES string of the molecule is CC(NC(=O)CCN)C1CC1. The van der Waals surface area contributed by atoms with E-state index in [1.165, 1.54) is 12.8 Å². The van der Waals surface area contributed by atoms with Crippen LogP contribution in [0.1, 0.15) is 26.2 Å². The molecule has 0 radical (unpaired) electrons. The molecule has 0 aliphatic heterocycles. The van der Waals surface area contributed by atoms with Crippen molar-refractivity contribution >= 4 is 5.91 Å². The maximum absolute atomic E-state index is 11.0. The van der Waals surface area contributed by atoms with Gasteiger partial charge in [0.1, 0.15) is 0 Å². The zero-order valence-corrected chi connectivity index (χ0v) is 6.97. The average Bonchev–Trinajstić information content (AvgIpc) is 2.67. The summed E-state index contributed by atoms with van der Waals surface area (Å²) in [6.07, 6.45) is 2.99. The zero-order chi connectivity index (χ0) is 8.27. The Hall–Kier alpha value is -0.570. The molecule has 1 unspecified atom stereocenters. The van der Waals surface area contributed by atoms with Gasteiger partial charge in [-0.15, -0.1) is 0 Å². The Morgan fingerprint density at radius 1 is 1.73 bits per heavy atom. The number of rotatable bonds is 4. The lowest BCUT2D eigenvalue weighted by Crippen LogP contribution is -2.34. The summed E-state index contributed by atoms with van der Waals surface area (Å²) in [5.74, 6) is 0.823. The van der Waals surface area contributed by atoms with Crippen LogP contribution >= 0.6 is 0 Å². The Kier molecular flexibility index (Phi) is 2.88. The van der Waals surface area contributed by atoms with Gasteiger partial charge < -0.3 is 11.1 Å². The minimum atomic E-state index is 0.0897. The Morgan fingerprint density at radius 2 is 2.36 bits per heavy atom. The second-order valence-electron chi connectivity index (χ2n) is 3.23. The maximum atomic E-state index is 11.0. The monoisotopic (exact) mass is 156 g/mol. The van der Waals surface area contributed by atoms with Gasteiger partial charge in [-0.1, -0.05) is 0 Å². The van der Waals surface area contributed by atoms with Gasteiger partial charge in [0.05, 0.1) is 0 Å². The molecule has 3 N–H and O–H groups in total. The minimum Gasteiger partial charge on any atom is -0.353 e. The molecule has 0 heterocycles. The van der Waals surface area contributed by atoms with Gasteiger partial charge in [0.15, 0.2) is 0 Å². The van der Waals surface area contributed by atoms with Gasteiger partial charge in [0, 0.05) is 19.0 Å². The van der Waals surface area contributed by atoms with E-state index in [0.29, 0.717) is 19.0 Å². The Labute approximate surface area is 67.3 Å². The molecule has 0 spiro atoms. The summed E-state index contributed by atoms with van der Waals surface area (Å²) in [4.78, 5) is 11.0. The first-order chi connectivity index (χ1) is 5.24. The number of nitrogens with two attached hydrogens (primary N) is 1. The fraction of sp³-hybridized carbons (Fsp3) is 0.875. The second-order valence-corrected chi connectivity index (χ2v) is 3.23. The normalized spacial score (nSPS) is 19.5. The number of carbonyl (C=O) groups is 1. The lowest BCUT2D eigenvalue weighted by molar-refractivity contribution is -0.121. The molecule has 1 fully saturated rings. The van der Waals surface area contributed by atoms with Crippen LogP contribution in [0.2, 0.25) is 0 Å². The molecule has 1 amide bonds. The molecule has 1 aliphatic rings. The van der Waals surface area contributed by atoms with E-state index in [4.69, 9.17) is 5.73 Å². The summed E-state index contributed by atoms with van der Waals surface area (Å²) in [5, 5.41) is 2.92. The summed E-state index contributed by atoms with van der Waals surface area (Å²) in [5.41, 5.74) is 5.24. The van der Waals surface area contributed by atoms with E-state index in [-0.39, 0.29) is 5.91 Å². The van der Waals surface area contributed by atoms with Crippen LogP contribution in [0.4, 0.5) is 0 Å². The number of nitrogens with one attached hydrogen (secondary N) is 1. The van der Waals surface area contributed by atoms with Gasteiger partial charge >= 0.3 is 0 Å². The van der Waals surface area contributed by atoms with Crippen molar-refractivity contribution in [3.63, 3.8) is 0 Å². The van der Waals surface area contributed by atoms with Crippen LogP contribution in [-0.4, -0.2) is 18.5 Å². The third-order valence-electron chi connectivity index (χ3n) is 2.09. The van der Waals surface area contributed by atoms with Crippen LogP contribution in [0.25, 0.3) is 0 Å². The predicted molar refractivity (Wildman–Crippen MR) is 44.0 cm³/mol. The van der Waals surface area contributed by atoms with Crippen molar-refractivity contribution < 1.29 is 4.79 Å². The topological polar surface area (TPSA) is 55.1 Å². The molecule has 1 rings (SSSR count). The Balaban J connectivity index is 2.12. The van der Waals surface area contributed by atoms with Gasteiger partial charge in [0.25, 0.3) is 0 Å². The summed E-state index contributed by atoms with van der Waals surface area (Å²) in [7, 11) is 0. The van der Waals surface area contributed by atoms with Gasteiger partial charge in [-0.25, -0.2) is 0 Å². The lowest BCUT2D eigenvalue weighted by Gasteiger charge is -2.11. The molecule has 0 saturated heterocycles. The van der Waals surface area contributed by atoms with E-state index in [0.717, 1.165) is 5.92 Å². The van der Waals surface area contributed by atoms with E-state index in [1.54, 1.807) is 0 Å². The fourth-order valence-electron chi connectivity index (χ4n) is 1.17. The van der Waals surface area contributed by atoms with E-state index >= 15 is 0 Å². The molecular weight excluding hydrogens is 140 g/mol. The van der Waals surface area contributed by atoms with Gasteiger partial charge in [-0.2, -0.15) is 0 Å². The van der Waals surface area contributed by atoms with Crippen molar-refractivity contribution in [3.8, 4) is 0 Å². The van der Waals surface area contributed by atoms with Crippen molar-refractivity contribution in [1.82, 2.24) is 5.32 Å². The van der Waals surface area contributed by atoms with Crippen LogP contribution in [0.3, 0.4) is 0 Å². The first kappa shape index (κ1) is 8.53. The van der Waals surface area contributed by atoms with Crippen molar-refractivity contribution in [2.45, 2.75) is 32.2 Å². The highest BCUT2D eigenvalue weighted by Crippen LogP contribution is 2.32. The molecule has 0 aromatic heterocycles. The lowest BCUT2D eigenvalue weighted by atomic mass is 10.2. The third-order valence-corrected chi connectivity index (χ3v) is 2.09. The van der Waals surface area contributed by atoms with Gasteiger partial charge in [0.2, 0.25) is 5.91 Å².